The molecule has 0 radical (unpaired) electrons. The third-order valence-electron chi connectivity index (χ3n) is 9.39. The first kappa shape index (κ1) is 27.2. The molecule has 47 heavy (non-hydrogen) atoms. The monoisotopic (exact) mass is 601 g/mol. The van der Waals surface area contributed by atoms with Crippen LogP contribution < -0.4 is 4.90 Å². The minimum absolute atomic E-state index is 0.892. The van der Waals surface area contributed by atoms with Crippen LogP contribution in [0.15, 0.2) is 174 Å². The maximum atomic E-state index is 6.62. The van der Waals surface area contributed by atoms with Crippen LogP contribution in [0.1, 0.15) is 5.56 Å². The van der Waals surface area contributed by atoms with Gasteiger partial charge >= 0.3 is 0 Å². The number of benzene rings is 8. The highest BCUT2D eigenvalue weighted by atomic mass is 16.3. The van der Waals surface area contributed by atoms with E-state index in [9.17, 15) is 0 Å². The number of aryl methyl sites for hydroxylation is 1. The highest BCUT2D eigenvalue weighted by Crippen LogP contribution is 2.44. The molecule has 0 aliphatic carbocycles. The number of anilines is 3. The van der Waals surface area contributed by atoms with Crippen molar-refractivity contribution in [1.82, 2.24) is 0 Å². The quantitative estimate of drug-likeness (QED) is 0.182. The van der Waals surface area contributed by atoms with Gasteiger partial charge in [0.25, 0.3) is 0 Å². The molecule has 2 heteroatoms. The zero-order valence-corrected chi connectivity index (χ0v) is 26.0. The van der Waals surface area contributed by atoms with Crippen molar-refractivity contribution >= 4 is 60.5 Å². The second-order valence-electron chi connectivity index (χ2n) is 12.2. The number of rotatable bonds is 5. The van der Waals surface area contributed by atoms with Crippen LogP contribution in [0.25, 0.3) is 65.7 Å². The standard InChI is InChI=1S/C45H31NO/c1-30-19-28-42(45-44(30)40-17-9-10-18-43(40)47-45)46(35-24-20-32(21-25-35)31-11-3-2-4-12-31)36-26-22-33(23-27-36)41-29-34-13-5-6-14-37(34)38-15-7-8-16-39(38)41/h2-29H,1H3. The first-order valence-electron chi connectivity index (χ1n) is 16.1. The van der Waals surface area contributed by atoms with E-state index < -0.39 is 0 Å². The van der Waals surface area contributed by atoms with E-state index in [1.807, 2.05) is 6.07 Å². The van der Waals surface area contributed by atoms with Crippen molar-refractivity contribution in [3.8, 4) is 22.3 Å². The fourth-order valence-electron chi connectivity index (χ4n) is 7.10. The van der Waals surface area contributed by atoms with Crippen molar-refractivity contribution in [3.05, 3.63) is 175 Å². The molecule has 0 aliphatic rings. The predicted molar refractivity (Wildman–Crippen MR) is 199 cm³/mol. The van der Waals surface area contributed by atoms with Gasteiger partial charge in [-0.1, -0.05) is 127 Å². The number of hydrogen-bond acceptors (Lipinski definition) is 2. The first-order valence-corrected chi connectivity index (χ1v) is 16.1. The average molecular weight is 602 g/mol. The molecule has 0 unspecified atom stereocenters. The fraction of sp³-hybridized carbons (Fsp3) is 0.0222. The van der Waals surface area contributed by atoms with Crippen LogP contribution in [-0.2, 0) is 0 Å². The summed E-state index contributed by atoms with van der Waals surface area (Å²) in [7, 11) is 0. The molecule has 9 rings (SSSR count). The predicted octanol–water partition coefficient (Wildman–Crippen LogP) is 13.0. The van der Waals surface area contributed by atoms with Crippen LogP contribution in [0, 0.1) is 6.92 Å². The van der Waals surface area contributed by atoms with Crippen molar-refractivity contribution in [1.29, 1.82) is 0 Å². The molecule has 0 atom stereocenters. The molecular formula is C45H31NO. The molecule has 0 amide bonds. The molecule has 0 bridgehead atoms. The molecule has 0 saturated carbocycles. The van der Waals surface area contributed by atoms with Gasteiger partial charge in [-0.05, 0) is 98.8 Å². The topological polar surface area (TPSA) is 16.4 Å². The zero-order valence-electron chi connectivity index (χ0n) is 26.0. The van der Waals surface area contributed by atoms with E-state index in [-0.39, 0.29) is 0 Å². The summed E-state index contributed by atoms with van der Waals surface area (Å²) in [5.41, 5.74) is 10.9. The molecule has 0 fully saturated rings. The van der Waals surface area contributed by atoms with E-state index in [0.29, 0.717) is 0 Å². The summed E-state index contributed by atoms with van der Waals surface area (Å²) in [4.78, 5) is 2.32. The minimum atomic E-state index is 0.892. The molecular weight excluding hydrogens is 571 g/mol. The molecule has 0 spiro atoms. The first-order chi connectivity index (χ1) is 23.2. The Balaban J connectivity index is 1.22. The number of nitrogens with zero attached hydrogens (tertiary/aromatic N) is 1. The van der Waals surface area contributed by atoms with E-state index in [2.05, 4.69) is 176 Å². The van der Waals surface area contributed by atoms with Gasteiger partial charge in [0.1, 0.15) is 5.58 Å². The molecule has 1 aromatic heterocycles. The zero-order chi connectivity index (χ0) is 31.3. The van der Waals surface area contributed by atoms with Gasteiger partial charge in [0.05, 0.1) is 5.69 Å². The summed E-state index contributed by atoms with van der Waals surface area (Å²) in [5, 5.41) is 7.36. The lowest BCUT2D eigenvalue weighted by Gasteiger charge is -2.26. The summed E-state index contributed by atoms with van der Waals surface area (Å²) in [5.74, 6) is 0. The van der Waals surface area contributed by atoms with Gasteiger partial charge in [-0.2, -0.15) is 0 Å². The molecule has 9 aromatic rings. The van der Waals surface area contributed by atoms with Gasteiger partial charge in [0.15, 0.2) is 5.58 Å². The van der Waals surface area contributed by atoms with Crippen LogP contribution in [0.2, 0.25) is 0 Å². The number of para-hydroxylation sites is 1. The Morgan fingerprint density at radius 2 is 1.02 bits per heavy atom. The average Bonchev–Trinajstić information content (AvgIpc) is 3.54. The second-order valence-corrected chi connectivity index (χ2v) is 12.2. The Hall–Kier alpha value is -6.12. The largest absolute Gasteiger partial charge is 0.454 e. The molecule has 1 heterocycles. The Kier molecular flexibility index (Phi) is 6.39. The number of fused-ring (bicyclic) bond motifs is 6. The van der Waals surface area contributed by atoms with Gasteiger partial charge in [0, 0.05) is 22.1 Å². The Bertz CT molecular complexity index is 2560. The SMILES string of the molecule is Cc1ccc(N(c2ccc(-c3ccccc3)cc2)c2ccc(-c3cc4ccccc4c4ccccc34)cc2)c2oc3ccccc3c12. The summed E-state index contributed by atoms with van der Waals surface area (Å²) in [6.45, 7) is 2.16. The normalized spacial score (nSPS) is 11.5. The van der Waals surface area contributed by atoms with Crippen LogP contribution in [-0.4, -0.2) is 0 Å². The van der Waals surface area contributed by atoms with Crippen LogP contribution in [0.5, 0.6) is 0 Å². The van der Waals surface area contributed by atoms with E-state index in [1.165, 1.54) is 49.4 Å². The Labute approximate surface area is 273 Å². The van der Waals surface area contributed by atoms with Crippen LogP contribution >= 0.6 is 0 Å². The van der Waals surface area contributed by atoms with Crippen molar-refractivity contribution in [2.45, 2.75) is 6.92 Å². The Morgan fingerprint density at radius 1 is 0.447 bits per heavy atom. The maximum absolute atomic E-state index is 6.62. The fourth-order valence-corrected chi connectivity index (χ4v) is 7.10. The second kappa shape index (κ2) is 11.0. The van der Waals surface area contributed by atoms with Gasteiger partial charge in [-0.25, -0.2) is 0 Å². The lowest BCUT2D eigenvalue weighted by atomic mass is 9.93. The van der Waals surface area contributed by atoms with Crippen LogP contribution in [0.4, 0.5) is 17.1 Å². The molecule has 8 aromatic carbocycles. The third-order valence-corrected chi connectivity index (χ3v) is 9.39. The summed E-state index contributed by atoms with van der Waals surface area (Å²) < 4.78 is 6.62. The van der Waals surface area contributed by atoms with Gasteiger partial charge < -0.3 is 9.32 Å². The lowest BCUT2D eigenvalue weighted by molar-refractivity contribution is 0.669. The molecule has 0 saturated heterocycles. The number of hydrogen-bond donors (Lipinski definition) is 0. The summed E-state index contributed by atoms with van der Waals surface area (Å²) >= 11 is 0. The smallest absolute Gasteiger partial charge is 0.159 e. The van der Waals surface area contributed by atoms with Crippen molar-refractivity contribution < 1.29 is 4.42 Å². The third kappa shape index (κ3) is 4.57. The van der Waals surface area contributed by atoms with Gasteiger partial charge in [-0.3, -0.25) is 0 Å². The minimum Gasteiger partial charge on any atom is -0.454 e. The lowest BCUT2D eigenvalue weighted by Crippen LogP contribution is -2.10. The van der Waals surface area contributed by atoms with Crippen molar-refractivity contribution in [2.75, 3.05) is 4.90 Å². The van der Waals surface area contributed by atoms with Crippen LogP contribution in [0.3, 0.4) is 0 Å². The van der Waals surface area contributed by atoms with Crippen molar-refractivity contribution in [2.24, 2.45) is 0 Å². The van der Waals surface area contributed by atoms with Crippen molar-refractivity contribution in [3.63, 3.8) is 0 Å². The Morgan fingerprint density at radius 3 is 1.77 bits per heavy atom. The molecule has 0 N–H and O–H groups in total. The molecule has 222 valence electrons. The van der Waals surface area contributed by atoms with E-state index in [0.717, 1.165) is 39.0 Å². The van der Waals surface area contributed by atoms with E-state index in [1.54, 1.807) is 0 Å². The van der Waals surface area contributed by atoms with Gasteiger partial charge in [0.2, 0.25) is 0 Å². The highest BCUT2D eigenvalue weighted by molar-refractivity contribution is 6.14. The number of furan rings is 1. The molecule has 2 nitrogen and oxygen atoms in total. The maximum Gasteiger partial charge on any atom is 0.159 e. The van der Waals surface area contributed by atoms with Gasteiger partial charge in [-0.15, -0.1) is 0 Å². The summed E-state index contributed by atoms with van der Waals surface area (Å²) in [6, 6.07) is 60.8. The highest BCUT2D eigenvalue weighted by Gasteiger charge is 2.21. The molecule has 0 aliphatic heterocycles. The van der Waals surface area contributed by atoms with E-state index >= 15 is 0 Å². The van der Waals surface area contributed by atoms with E-state index in [4.69, 9.17) is 4.42 Å². The summed E-state index contributed by atoms with van der Waals surface area (Å²) in [6.07, 6.45) is 0.